The molecule has 0 aliphatic carbocycles. The van der Waals surface area contributed by atoms with Crippen LogP contribution < -0.4 is 5.32 Å². The van der Waals surface area contributed by atoms with E-state index in [0.29, 0.717) is 13.1 Å². The van der Waals surface area contributed by atoms with Gasteiger partial charge in [-0.2, -0.15) is 0 Å². The van der Waals surface area contributed by atoms with E-state index in [0.717, 1.165) is 44.6 Å². The fourth-order valence-electron chi connectivity index (χ4n) is 3.53. The highest BCUT2D eigenvalue weighted by Crippen LogP contribution is 2.18. The zero-order valence-corrected chi connectivity index (χ0v) is 14.6. The number of carbonyl (C=O) groups is 2. The molecule has 1 aromatic carbocycles. The lowest BCUT2D eigenvalue weighted by atomic mass is 10.0. The van der Waals surface area contributed by atoms with Gasteiger partial charge in [0.15, 0.2) is 0 Å². The number of hydrogen-bond donors (Lipinski definition) is 1. The van der Waals surface area contributed by atoms with Crippen molar-refractivity contribution in [3.63, 3.8) is 0 Å². The maximum absolute atomic E-state index is 13.2. The van der Waals surface area contributed by atoms with Crippen molar-refractivity contribution >= 4 is 11.9 Å². The second-order valence-corrected chi connectivity index (χ2v) is 6.81. The molecule has 2 heterocycles. The lowest BCUT2D eigenvalue weighted by Gasteiger charge is -2.36. The third-order valence-electron chi connectivity index (χ3n) is 4.98. The minimum atomic E-state index is -0.286. The van der Waals surface area contributed by atoms with Gasteiger partial charge in [-0.25, -0.2) is 9.18 Å². The molecule has 1 N–H and O–H groups in total. The smallest absolute Gasteiger partial charge is 0.317 e. The molecule has 0 bridgehead atoms. The molecule has 2 aliphatic rings. The van der Waals surface area contributed by atoms with Gasteiger partial charge in [-0.15, -0.1) is 0 Å². The minimum Gasteiger partial charge on any atom is -0.340 e. The molecule has 2 fully saturated rings. The largest absolute Gasteiger partial charge is 0.340 e. The van der Waals surface area contributed by atoms with Gasteiger partial charge in [-0.1, -0.05) is 12.1 Å². The minimum absolute atomic E-state index is 0.0293. The molecule has 0 spiro atoms. The highest BCUT2D eigenvalue weighted by atomic mass is 19.1. The van der Waals surface area contributed by atoms with Crippen LogP contribution >= 0.6 is 0 Å². The van der Waals surface area contributed by atoms with Crippen LogP contribution in [0.2, 0.25) is 0 Å². The lowest BCUT2D eigenvalue weighted by Crippen LogP contribution is -2.48. The molecule has 0 atom stereocenters. The Morgan fingerprint density at radius 3 is 2.72 bits per heavy atom. The molecule has 6 nitrogen and oxygen atoms in total. The molecule has 2 saturated heterocycles. The number of carbonyl (C=O) groups excluding carboxylic acids is 2. The van der Waals surface area contributed by atoms with Crippen LogP contribution in [0.25, 0.3) is 0 Å². The standard InChI is InChI=1S/C18H25FN4O2/c1-21(12-14-3-2-4-15(19)11-14)17(24)13-22-8-5-16(6-9-22)23-10-7-20-18(23)25/h2-4,11,16H,5-10,12-13H2,1H3,(H,20,25). The van der Waals surface area contributed by atoms with E-state index in [9.17, 15) is 14.0 Å². The average molecular weight is 348 g/mol. The molecular weight excluding hydrogens is 323 g/mol. The van der Waals surface area contributed by atoms with Gasteiger partial charge >= 0.3 is 6.03 Å². The maximum atomic E-state index is 13.2. The molecule has 0 unspecified atom stereocenters. The van der Waals surface area contributed by atoms with E-state index in [-0.39, 0.29) is 23.8 Å². The van der Waals surface area contributed by atoms with Gasteiger partial charge in [0.25, 0.3) is 0 Å². The van der Waals surface area contributed by atoms with E-state index in [4.69, 9.17) is 0 Å². The van der Waals surface area contributed by atoms with Crippen molar-refractivity contribution in [2.45, 2.75) is 25.4 Å². The molecule has 0 radical (unpaired) electrons. The quantitative estimate of drug-likeness (QED) is 0.872. The van der Waals surface area contributed by atoms with Gasteiger partial charge in [0.2, 0.25) is 5.91 Å². The first-order valence-corrected chi connectivity index (χ1v) is 8.78. The van der Waals surface area contributed by atoms with Crippen LogP contribution in [0, 0.1) is 5.82 Å². The number of nitrogens with one attached hydrogen (secondary N) is 1. The Hall–Kier alpha value is -2.15. The third kappa shape index (κ3) is 4.48. The molecule has 3 rings (SSSR count). The number of likely N-dealkylation sites (tertiary alicyclic amines) is 1. The number of halogens is 1. The Morgan fingerprint density at radius 1 is 1.32 bits per heavy atom. The van der Waals surface area contributed by atoms with E-state index in [1.807, 2.05) is 11.0 Å². The van der Waals surface area contributed by atoms with Gasteiger partial charge in [0, 0.05) is 45.8 Å². The molecule has 7 heteroatoms. The summed E-state index contributed by atoms with van der Waals surface area (Å²) in [4.78, 5) is 29.8. The average Bonchev–Trinajstić information content (AvgIpc) is 3.01. The van der Waals surface area contributed by atoms with Crippen molar-refractivity contribution in [3.05, 3.63) is 35.6 Å². The number of benzene rings is 1. The van der Waals surface area contributed by atoms with Crippen LogP contribution in [-0.2, 0) is 11.3 Å². The highest BCUT2D eigenvalue weighted by molar-refractivity contribution is 5.78. The van der Waals surface area contributed by atoms with Crippen LogP contribution in [0.3, 0.4) is 0 Å². The summed E-state index contributed by atoms with van der Waals surface area (Å²) in [6.45, 7) is 3.90. The normalized spacial score (nSPS) is 19.1. The zero-order valence-electron chi connectivity index (χ0n) is 14.6. The Balaban J connectivity index is 1.45. The van der Waals surface area contributed by atoms with Gasteiger partial charge in [0.1, 0.15) is 5.82 Å². The van der Waals surface area contributed by atoms with E-state index >= 15 is 0 Å². The summed E-state index contributed by atoms with van der Waals surface area (Å²) in [6.07, 6.45) is 1.79. The summed E-state index contributed by atoms with van der Waals surface area (Å²) >= 11 is 0. The lowest BCUT2D eigenvalue weighted by molar-refractivity contribution is -0.132. The number of rotatable bonds is 5. The Kier molecular flexibility index (Phi) is 5.53. The number of hydrogen-bond acceptors (Lipinski definition) is 3. The fraction of sp³-hybridized carbons (Fsp3) is 0.556. The summed E-state index contributed by atoms with van der Waals surface area (Å²) in [5.74, 6) is -0.256. The van der Waals surface area contributed by atoms with Crippen LogP contribution in [-0.4, -0.2) is 72.5 Å². The van der Waals surface area contributed by atoms with Crippen LogP contribution in [0.1, 0.15) is 18.4 Å². The van der Waals surface area contributed by atoms with E-state index in [1.165, 1.54) is 12.1 Å². The predicted octanol–water partition coefficient (Wildman–Crippen LogP) is 1.27. The summed E-state index contributed by atoms with van der Waals surface area (Å²) in [7, 11) is 1.74. The van der Waals surface area contributed by atoms with Gasteiger partial charge < -0.3 is 15.1 Å². The van der Waals surface area contributed by atoms with Crippen LogP contribution in [0.15, 0.2) is 24.3 Å². The third-order valence-corrected chi connectivity index (χ3v) is 4.98. The van der Waals surface area contributed by atoms with Crippen molar-refractivity contribution in [3.8, 4) is 0 Å². The predicted molar refractivity (Wildman–Crippen MR) is 92.4 cm³/mol. The fourth-order valence-corrected chi connectivity index (χ4v) is 3.53. The van der Waals surface area contributed by atoms with E-state index < -0.39 is 0 Å². The summed E-state index contributed by atoms with van der Waals surface area (Å²) in [5.41, 5.74) is 0.787. The monoisotopic (exact) mass is 348 g/mol. The molecule has 1 aromatic rings. The topological polar surface area (TPSA) is 55.9 Å². The number of likely N-dealkylation sites (N-methyl/N-ethyl adjacent to an activating group) is 1. The Bertz CT molecular complexity index is 631. The molecule has 25 heavy (non-hydrogen) atoms. The highest BCUT2D eigenvalue weighted by Gasteiger charge is 2.31. The van der Waals surface area contributed by atoms with Gasteiger partial charge in [-0.05, 0) is 30.5 Å². The molecule has 136 valence electrons. The molecule has 0 aromatic heterocycles. The van der Waals surface area contributed by atoms with Crippen molar-refractivity contribution in [1.29, 1.82) is 0 Å². The Labute approximate surface area is 147 Å². The van der Waals surface area contributed by atoms with Gasteiger partial charge in [-0.3, -0.25) is 9.69 Å². The summed E-state index contributed by atoms with van der Waals surface area (Å²) in [5, 5.41) is 2.84. The first-order valence-electron chi connectivity index (χ1n) is 8.78. The second-order valence-electron chi connectivity index (χ2n) is 6.81. The summed E-state index contributed by atoms with van der Waals surface area (Å²) < 4.78 is 13.2. The number of nitrogens with zero attached hydrogens (tertiary/aromatic N) is 3. The first kappa shape index (κ1) is 17.7. The number of urea groups is 1. The maximum Gasteiger partial charge on any atom is 0.317 e. The van der Waals surface area contributed by atoms with Gasteiger partial charge in [0.05, 0.1) is 6.54 Å². The van der Waals surface area contributed by atoms with E-state index in [2.05, 4.69) is 10.2 Å². The molecule has 2 aliphatic heterocycles. The van der Waals surface area contributed by atoms with Crippen molar-refractivity contribution in [1.82, 2.24) is 20.0 Å². The molecule has 0 saturated carbocycles. The van der Waals surface area contributed by atoms with Crippen LogP contribution in [0.5, 0.6) is 0 Å². The number of piperidine rings is 1. The molecule has 3 amide bonds. The SMILES string of the molecule is CN(Cc1cccc(F)c1)C(=O)CN1CCC(N2CCNC2=O)CC1. The summed E-state index contributed by atoms with van der Waals surface area (Å²) in [6, 6.07) is 6.64. The Morgan fingerprint density at radius 2 is 2.08 bits per heavy atom. The first-order chi connectivity index (χ1) is 12.0. The van der Waals surface area contributed by atoms with E-state index in [1.54, 1.807) is 18.0 Å². The van der Waals surface area contributed by atoms with Crippen molar-refractivity contribution in [2.75, 3.05) is 39.8 Å². The zero-order chi connectivity index (χ0) is 17.8. The van der Waals surface area contributed by atoms with Crippen LogP contribution in [0.4, 0.5) is 9.18 Å². The number of amides is 3. The molecular formula is C18H25FN4O2. The van der Waals surface area contributed by atoms with Crippen molar-refractivity contribution in [2.24, 2.45) is 0 Å². The second kappa shape index (κ2) is 7.82. The van der Waals surface area contributed by atoms with Crippen molar-refractivity contribution < 1.29 is 14.0 Å².